The molecular weight excluding hydrogens is 883 g/mol. The van der Waals surface area contributed by atoms with Gasteiger partial charge in [-0.2, -0.15) is 0 Å². The second-order valence-electron chi connectivity index (χ2n) is 16.3. The van der Waals surface area contributed by atoms with Crippen LogP contribution in [0.1, 0.15) is 51.7 Å². The summed E-state index contributed by atoms with van der Waals surface area (Å²) < 4.78 is 58.1. The molecule has 1 aliphatic heterocycles. The lowest BCUT2D eigenvalue weighted by molar-refractivity contribution is -0.119. The highest BCUT2D eigenvalue weighted by Crippen LogP contribution is 2.58. The molecule has 0 fully saturated rings. The number of benzene rings is 6. The van der Waals surface area contributed by atoms with E-state index in [4.69, 9.17) is 58.9 Å². The molecule has 0 spiro atoms. The maximum absolute atomic E-state index is 14.7. The monoisotopic (exact) mass is 927 g/mol. The second kappa shape index (κ2) is 17.1. The summed E-state index contributed by atoms with van der Waals surface area (Å²) in [5, 5.41) is 1.04. The molecule has 10 rings (SSSR count). The molecule has 348 valence electrons. The molecule has 0 saturated carbocycles. The predicted molar refractivity (Wildman–Crippen MR) is 257 cm³/mol. The van der Waals surface area contributed by atoms with Crippen molar-refractivity contribution in [3.05, 3.63) is 143 Å². The highest BCUT2D eigenvalue weighted by Gasteiger charge is 2.44. The van der Waals surface area contributed by atoms with Crippen LogP contribution in [0.15, 0.2) is 122 Å². The first-order chi connectivity index (χ1) is 33.5. The number of fused-ring (bicyclic) bond motifs is 3. The minimum absolute atomic E-state index is 0.0158. The number of carbonyl (C=O) groups is 3. The van der Waals surface area contributed by atoms with Crippen LogP contribution in [0.25, 0.3) is 66.3 Å². The van der Waals surface area contributed by atoms with Gasteiger partial charge in [0.05, 0.1) is 75.5 Å². The smallest absolute Gasteiger partial charge is 0.232 e. The number of ether oxygens (including phenoxy) is 6. The number of nitrogens with two attached hydrogens (primary N) is 3. The van der Waals surface area contributed by atoms with Crippen molar-refractivity contribution >= 4 is 50.6 Å². The fourth-order valence-corrected chi connectivity index (χ4v) is 10.1. The zero-order chi connectivity index (χ0) is 48.4. The first-order valence-electron chi connectivity index (χ1n) is 21.7. The minimum Gasteiger partial charge on any atom is -0.496 e. The molecule has 0 saturated heterocycles. The van der Waals surface area contributed by atoms with Crippen molar-refractivity contribution in [1.82, 2.24) is 0 Å². The van der Waals surface area contributed by atoms with Gasteiger partial charge in [-0.1, -0.05) is 91.0 Å². The molecule has 9 aromatic rings. The van der Waals surface area contributed by atoms with E-state index < -0.39 is 35.5 Å². The first-order valence-corrected chi connectivity index (χ1v) is 21.7. The highest BCUT2D eigenvalue weighted by atomic mass is 16.5. The Morgan fingerprint density at radius 1 is 0.377 bits per heavy atom. The molecule has 3 aromatic heterocycles. The van der Waals surface area contributed by atoms with Crippen LogP contribution in [-0.2, 0) is 14.4 Å². The molecule has 6 N–H and O–H groups in total. The third kappa shape index (κ3) is 6.60. The average molecular weight is 928 g/mol. The van der Waals surface area contributed by atoms with Gasteiger partial charge in [0.2, 0.25) is 17.7 Å². The van der Waals surface area contributed by atoms with E-state index in [0.717, 1.165) is 0 Å². The standard InChI is InChI=1S/C54H45N3O12/c1-61-28-22-31(64-4)40-43(52(55)58)47-35(26-18-12-8-13-19-26)38-30(63-3)24-33(66-6)42(51(38)68-47)45(54(57)60)48-36(27-20-14-9-15-21-27)39-29(62-2)23-32(65-5)41(50(39)69-48)44(53(56)59)46-34(37(28)49(40)67-46)25-16-10-7-11-17-25/h7-24,43-45H,1-6H3,(H2,55,58)(H2,56,59)(H2,57,60). The van der Waals surface area contributed by atoms with Crippen LogP contribution in [0.5, 0.6) is 34.5 Å². The number of primary amides is 3. The Morgan fingerprint density at radius 2 is 0.609 bits per heavy atom. The number of hydrogen-bond donors (Lipinski definition) is 3. The molecule has 0 aliphatic carbocycles. The molecule has 15 nitrogen and oxygen atoms in total. The summed E-state index contributed by atoms with van der Waals surface area (Å²) >= 11 is 0. The van der Waals surface area contributed by atoms with Gasteiger partial charge in [0.15, 0.2) is 0 Å². The minimum atomic E-state index is -1.52. The van der Waals surface area contributed by atoms with Crippen LogP contribution in [-0.4, -0.2) is 60.4 Å². The SMILES string of the molecule is COc1cc(OC)c2c(-c3ccccc3)c3oc2c1C(C(N)=O)c1oc2c(c(OC)cc(OC)c2c1-c1ccccc1)C(C(N)=O)c1oc2c(c(OC)cc(OC)c2c1-c1ccccc1)C3C(N)=O. The molecule has 0 radical (unpaired) electrons. The van der Waals surface area contributed by atoms with Crippen molar-refractivity contribution in [3.8, 4) is 67.9 Å². The zero-order valence-electron chi connectivity index (χ0n) is 38.3. The molecule has 6 aromatic carbocycles. The van der Waals surface area contributed by atoms with Crippen molar-refractivity contribution in [2.24, 2.45) is 17.2 Å². The zero-order valence-corrected chi connectivity index (χ0v) is 38.3. The summed E-state index contributed by atoms with van der Waals surface area (Å²) in [4.78, 5) is 44.1. The largest absolute Gasteiger partial charge is 0.496 e. The van der Waals surface area contributed by atoms with Crippen LogP contribution in [0.2, 0.25) is 0 Å². The Morgan fingerprint density at radius 3 is 0.812 bits per heavy atom. The predicted octanol–water partition coefficient (Wildman–Crippen LogP) is 9.14. The number of rotatable bonds is 12. The van der Waals surface area contributed by atoms with Crippen LogP contribution in [0, 0.1) is 0 Å². The van der Waals surface area contributed by atoms with E-state index in [-0.39, 0.29) is 85.2 Å². The Balaban J connectivity index is 1.56. The van der Waals surface area contributed by atoms with Gasteiger partial charge in [-0.15, -0.1) is 0 Å². The Kier molecular flexibility index (Phi) is 10.9. The van der Waals surface area contributed by atoms with E-state index in [0.29, 0.717) is 49.5 Å². The van der Waals surface area contributed by atoms with Crippen molar-refractivity contribution in [2.45, 2.75) is 17.8 Å². The normalized spacial score (nSPS) is 15.3. The molecule has 3 atom stereocenters. The lowest BCUT2D eigenvalue weighted by atomic mass is 9.84. The van der Waals surface area contributed by atoms with E-state index in [1.165, 1.54) is 42.7 Å². The van der Waals surface area contributed by atoms with Gasteiger partial charge in [-0.25, -0.2) is 0 Å². The number of hydrogen-bond acceptors (Lipinski definition) is 12. The summed E-state index contributed by atoms with van der Waals surface area (Å²) in [6, 6.07) is 32.3. The Bertz CT molecular complexity index is 3150. The quantitative estimate of drug-likeness (QED) is 0.104. The lowest BCUT2D eigenvalue weighted by Crippen LogP contribution is -2.23. The van der Waals surface area contributed by atoms with Gasteiger partial charge in [-0.3, -0.25) is 14.4 Å². The summed E-state index contributed by atoms with van der Waals surface area (Å²) in [5.41, 5.74) is 23.2. The van der Waals surface area contributed by atoms with E-state index in [1.54, 1.807) is 18.2 Å². The topological polar surface area (TPSA) is 224 Å². The fourth-order valence-electron chi connectivity index (χ4n) is 10.1. The van der Waals surface area contributed by atoms with Crippen molar-refractivity contribution in [2.75, 3.05) is 42.7 Å². The second-order valence-corrected chi connectivity index (χ2v) is 16.3. The van der Waals surface area contributed by atoms with Crippen molar-refractivity contribution in [1.29, 1.82) is 0 Å². The molecule has 69 heavy (non-hydrogen) atoms. The summed E-state index contributed by atoms with van der Waals surface area (Å²) in [6.07, 6.45) is 0. The van der Waals surface area contributed by atoms with Gasteiger partial charge >= 0.3 is 0 Å². The van der Waals surface area contributed by atoms with Crippen LogP contribution in [0.4, 0.5) is 0 Å². The molecule has 4 heterocycles. The number of amides is 3. The lowest BCUT2D eigenvalue weighted by Gasteiger charge is -2.19. The maximum Gasteiger partial charge on any atom is 0.232 e. The number of furan rings is 3. The van der Waals surface area contributed by atoms with Gasteiger partial charge in [0.1, 0.15) is 86.3 Å². The molecular formula is C54H45N3O12. The van der Waals surface area contributed by atoms with E-state index in [9.17, 15) is 14.4 Å². The Hall–Kier alpha value is -8.85. The molecule has 3 unspecified atom stereocenters. The van der Waals surface area contributed by atoms with Crippen LogP contribution >= 0.6 is 0 Å². The van der Waals surface area contributed by atoms with Crippen molar-refractivity contribution in [3.63, 3.8) is 0 Å². The first kappa shape index (κ1) is 44.0. The third-order valence-electron chi connectivity index (χ3n) is 12.9. The molecule has 15 heteroatoms. The van der Waals surface area contributed by atoms with Crippen LogP contribution in [0.3, 0.4) is 0 Å². The summed E-state index contributed by atoms with van der Waals surface area (Å²) in [6.45, 7) is 0. The molecule has 3 amide bonds. The van der Waals surface area contributed by atoms with E-state index >= 15 is 0 Å². The van der Waals surface area contributed by atoms with Crippen LogP contribution < -0.4 is 45.6 Å². The summed E-state index contributed by atoms with van der Waals surface area (Å²) in [7, 11) is 8.72. The Labute approximate surface area is 394 Å². The van der Waals surface area contributed by atoms with Gasteiger partial charge < -0.3 is 58.9 Å². The van der Waals surface area contributed by atoms with Gasteiger partial charge in [0.25, 0.3) is 0 Å². The highest BCUT2D eigenvalue weighted by molar-refractivity contribution is 6.12. The summed E-state index contributed by atoms with van der Waals surface area (Å²) in [5.74, 6) is -6.04. The number of carbonyl (C=O) groups excluding carboxylic acids is 3. The average Bonchev–Trinajstić information content (AvgIpc) is 4.07. The van der Waals surface area contributed by atoms with E-state index in [2.05, 4.69) is 0 Å². The van der Waals surface area contributed by atoms with Gasteiger partial charge in [0, 0.05) is 34.9 Å². The van der Waals surface area contributed by atoms with Crippen molar-refractivity contribution < 1.29 is 56.1 Å². The molecule has 1 aliphatic rings. The maximum atomic E-state index is 14.7. The van der Waals surface area contributed by atoms with E-state index in [1.807, 2.05) is 91.0 Å². The molecule has 6 bridgehead atoms. The third-order valence-corrected chi connectivity index (χ3v) is 12.9. The number of methoxy groups -OCH3 is 6. The fraction of sp³-hybridized carbons (Fsp3) is 0.167. The van der Waals surface area contributed by atoms with Gasteiger partial charge in [-0.05, 0) is 16.7 Å².